The first-order valence-electron chi connectivity index (χ1n) is 5.40. The van der Waals surface area contributed by atoms with Crippen molar-refractivity contribution in [2.24, 2.45) is 0 Å². The van der Waals surface area contributed by atoms with Crippen LogP contribution in [0.4, 0.5) is 0 Å². The second kappa shape index (κ2) is 5.61. The maximum atomic E-state index is 10.9. The van der Waals surface area contributed by atoms with E-state index in [0.717, 1.165) is 38.6 Å². The van der Waals surface area contributed by atoms with Crippen molar-refractivity contribution in [3.63, 3.8) is 0 Å². The molecule has 0 saturated carbocycles. The van der Waals surface area contributed by atoms with Crippen molar-refractivity contribution < 1.29 is 13.2 Å². The first-order valence-corrected chi connectivity index (χ1v) is 7.46. The van der Waals surface area contributed by atoms with Crippen LogP contribution in [0.1, 0.15) is 25.7 Å². The highest BCUT2D eigenvalue weighted by Crippen LogP contribution is 2.15. The minimum atomic E-state index is -2.86. The van der Waals surface area contributed by atoms with Crippen molar-refractivity contribution in [2.75, 3.05) is 25.1 Å². The Morgan fingerprint density at radius 3 is 2.73 bits per heavy atom. The van der Waals surface area contributed by atoms with Crippen LogP contribution in [0.5, 0.6) is 0 Å². The Bertz CT molecular complexity index is 300. The third-order valence-electron chi connectivity index (χ3n) is 2.78. The normalized spacial score (nSPS) is 23.9. The molecular weight excluding hydrogens is 214 g/mol. The van der Waals surface area contributed by atoms with E-state index in [1.54, 1.807) is 0 Å². The van der Waals surface area contributed by atoms with Gasteiger partial charge in [-0.15, -0.1) is 0 Å². The Balaban J connectivity index is 2.33. The van der Waals surface area contributed by atoms with E-state index in [1.807, 2.05) is 0 Å². The molecule has 0 amide bonds. The Hall–Kier alpha value is -0.420. The van der Waals surface area contributed by atoms with Gasteiger partial charge in [0.1, 0.15) is 16.1 Å². The van der Waals surface area contributed by atoms with Gasteiger partial charge < -0.3 is 4.79 Å². The highest BCUT2D eigenvalue weighted by molar-refractivity contribution is 7.90. The summed E-state index contributed by atoms with van der Waals surface area (Å²) >= 11 is 0. The number of carbonyl (C=O) groups excluding carboxylic acids is 1. The average molecular weight is 233 g/mol. The minimum absolute atomic E-state index is 0.0123. The molecule has 0 bridgehead atoms. The smallest absolute Gasteiger partial charge is 0.147 e. The number of rotatable bonds is 5. The summed E-state index contributed by atoms with van der Waals surface area (Å²) in [6.45, 7) is 1.64. The maximum absolute atomic E-state index is 10.9. The van der Waals surface area contributed by atoms with Gasteiger partial charge in [-0.05, 0) is 32.4 Å². The molecule has 0 aromatic rings. The molecule has 1 aliphatic heterocycles. The quantitative estimate of drug-likeness (QED) is 0.648. The molecule has 5 heteroatoms. The van der Waals surface area contributed by atoms with Gasteiger partial charge in [-0.25, -0.2) is 8.42 Å². The van der Waals surface area contributed by atoms with Crippen LogP contribution in [0.3, 0.4) is 0 Å². The van der Waals surface area contributed by atoms with Crippen LogP contribution in [0.2, 0.25) is 0 Å². The molecule has 15 heavy (non-hydrogen) atoms. The maximum Gasteiger partial charge on any atom is 0.147 e. The van der Waals surface area contributed by atoms with Crippen LogP contribution in [-0.2, 0) is 14.6 Å². The van der Waals surface area contributed by atoms with Crippen LogP contribution in [0, 0.1) is 0 Å². The van der Waals surface area contributed by atoms with Crippen molar-refractivity contribution in [1.82, 2.24) is 4.90 Å². The fourth-order valence-corrected chi connectivity index (χ4v) is 2.63. The molecule has 1 aliphatic rings. The van der Waals surface area contributed by atoms with Crippen LogP contribution in [0.15, 0.2) is 0 Å². The summed E-state index contributed by atoms with van der Waals surface area (Å²) in [5, 5.41) is 0. The topological polar surface area (TPSA) is 54.5 Å². The molecule has 0 N–H and O–H groups in total. The van der Waals surface area contributed by atoms with E-state index in [2.05, 4.69) is 4.90 Å². The fourth-order valence-electron chi connectivity index (χ4n) is 1.98. The third kappa shape index (κ3) is 4.75. The largest absolute Gasteiger partial charge is 0.302 e. The molecular formula is C10H19NO3S. The van der Waals surface area contributed by atoms with Crippen molar-refractivity contribution in [3.05, 3.63) is 0 Å². The molecule has 1 rings (SSSR count). The van der Waals surface area contributed by atoms with E-state index in [4.69, 9.17) is 0 Å². The number of hydrogen-bond acceptors (Lipinski definition) is 4. The predicted octanol–water partition coefficient (Wildman–Crippen LogP) is 0.474. The fraction of sp³-hybridized carbons (Fsp3) is 0.900. The van der Waals surface area contributed by atoms with Gasteiger partial charge in [0.05, 0.1) is 11.8 Å². The molecule has 1 atom stereocenters. The van der Waals surface area contributed by atoms with Gasteiger partial charge in [0.15, 0.2) is 0 Å². The molecule has 0 spiro atoms. The summed E-state index contributed by atoms with van der Waals surface area (Å²) in [5.74, 6) is 0.217. The highest BCUT2D eigenvalue weighted by atomic mass is 32.2. The number of sulfone groups is 1. The first kappa shape index (κ1) is 12.6. The molecule has 0 radical (unpaired) electrons. The Morgan fingerprint density at radius 1 is 1.40 bits per heavy atom. The molecule has 1 heterocycles. The van der Waals surface area contributed by atoms with Gasteiger partial charge >= 0.3 is 0 Å². The van der Waals surface area contributed by atoms with Crippen molar-refractivity contribution in [1.29, 1.82) is 0 Å². The lowest BCUT2D eigenvalue weighted by Gasteiger charge is -2.31. The number of hydrogen-bond donors (Lipinski definition) is 0. The molecule has 0 aromatic carbocycles. The van der Waals surface area contributed by atoms with E-state index in [1.165, 1.54) is 6.26 Å². The molecule has 1 fully saturated rings. The van der Waals surface area contributed by atoms with Crippen LogP contribution >= 0.6 is 0 Å². The monoisotopic (exact) mass is 233 g/mol. The van der Waals surface area contributed by atoms with Crippen LogP contribution < -0.4 is 0 Å². The number of aldehydes is 1. The van der Waals surface area contributed by atoms with E-state index < -0.39 is 9.84 Å². The number of piperidine rings is 1. The zero-order chi connectivity index (χ0) is 11.3. The zero-order valence-corrected chi connectivity index (χ0v) is 10.0. The van der Waals surface area contributed by atoms with Gasteiger partial charge in [-0.1, -0.05) is 6.42 Å². The molecule has 1 saturated heterocycles. The molecule has 88 valence electrons. The van der Waals surface area contributed by atoms with E-state index in [-0.39, 0.29) is 11.8 Å². The summed E-state index contributed by atoms with van der Waals surface area (Å²) in [7, 11) is -2.86. The number of carbonyl (C=O) groups is 1. The second-order valence-electron chi connectivity index (χ2n) is 4.22. The van der Waals surface area contributed by atoms with Crippen molar-refractivity contribution in [2.45, 2.75) is 31.7 Å². The minimum Gasteiger partial charge on any atom is -0.302 e. The third-order valence-corrected chi connectivity index (χ3v) is 3.81. The lowest BCUT2D eigenvalue weighted by molar-refractivity contribution is -0.113. The van der Waals surface area contributed by atoms with E-state index in [0.29, 0.717) is 6.42 Å². The number of nitrogens with zero attached hydrogens (tertiary/aromatic N) is 1. The molecule has 0 aromatic heterocycles. The predicted molar refractivity (Wildman–Crippen MR) is 59.6 cm³/mol. The molecule has 0 aliphatic carbocycles. The Morgan fingerprint density at radius 2 is 2.13 bits per heavy atom. The van der Waals surface area contributed by atoms with Crippen LogP contribution in [0.25, 0.3) is 0 Å². The number of likely N-dealkylation sites (tertiary alicyclic amines) is 1. The van der Waals surface area contributed by atoms with E-state index in [9.17, 15) is 13.2 Å². The zero-order valence-electron chi connectivity index (χ0n) is 9.18. The van der Waals surface area contributed by atoms with Gasteiger partial charge in [0.2, 0.25) is 0 Å². The van der Waals surface area contributed by atoms with E-state index >= 15 is 0 Å². The first-order chi connectivity index (χ1) is 7.03. The summed E-state index contributed by atoms with van der Waals surface area (Å²) in [6, 6.07) is 0.0123. The van der Waals surface area contributed by atoms with Gasteiger partial charge in [-0.3, -0.25) is 4.90 Å². The summed E-state index contributed by atoms with van der Waals surface area (Å²) < 4.78 is 21.9. The summed E-state index contributed by atoms with van der Waals surface area (Å²) in [5.41, 5.74) is 0. The lowest BCUT2D eigenvalue weighted by Crippen LogP contribution is -2.41. The second-order valence-corrected chi connectivity index (χ2v) is 6.48. The van der Waals surface area contributed by atoms with Gasteiger partial charge in [-0.2, -0.15) is 0 Å². The lowest BCUT2D eigenvalue weighted by atomic mass is 10.0. The van der Waals surface area contributed by atoms with Crippen molar-refractivity contribution in [3.8, 4) is 0 Å². The van der Waals surface area contributed by atoms with Gasteiger partial charge in [0.25, 0.3) is 0 Å². The summed E-state index contributed by atoms with van der Waals surface area (Å²) in [4.78, 5) is 12.9. The average Bonchev–Trinajstić information content (AvgIpc) is 2.16. The van der Waals surface area contributed by atoms with Gasteiger partial charge in [0, 0.05) is 6.26 Å². The van der Waals surface area contributed by atoms with Crippen LogP contribution in [-0.4, -0.2) is 50.7 Å². The van der Waals surface area contributed by atoms with Crippen molar-refractivity contribution >= 4 is 16.1 Å². The highest BCUT2D eigenvalue weighted by Gasteiger charge is 2.21. The summed E-state index contributed by atoms with van der Waals surface area (Å²) in [6.07, 6.45) is 6.00. The standard InChI is InChI=1S/C10H19NO3S/c1-15(13,14)8-4-7-11-6-3-2-5-10(11)9-12/h9-10H,2-8H2,1H3. The SMILES string of the molecule is CS(=O)(=O)CCCN1CCCCC1C=O. The molecule has 4 nitrogen and oxygen atoms in total. The molecule has 1 unspecified atom stereocenters. The Kier molecular flexibility index (Phi) is 4.73. The Labute approximate surface area is 91.6 Å².